The molecule has 1 aliphatic rings. The lowest BCUT2D eigenvalue weighted by Crippen LogP contribution is -2.39. The van der Waals surface area contributed by atoms with E-state index in [0.717, 1.165) is 6.42 Å². The number of aromatic amines is 1. The van der Waals surface area contributed by atoms with E-state index < -0.39 is 11.7 Å². The molecule has 3 N–H and O–H groups in total. The molecule has 21 heavy (non-hydrogen) atoms. The number of nitrogens with one attached hydrogen (secondary N) is 3. The third kappa shape index (κ3) is 2.47. The van der Waals surface area contributed by atoms with E-state index in [1.54, 1.807) is 0 Å². The zero-order chi connectivity index (χ0) is 15.1. The van der Waals surface area contributed by atoms with Crippen LogP contribution in [0.5, 0.6) is 0 Å². The normalized spacial score (nSPS) is 17.0. The summed E-state index contributed by atoms with van der Waals surface area (Å²) >= 11 is 0. The lowest BCUT2D eigenvalue weighted by atomic mass is 10.2. The number of hydrogen-bond donors (Lipinski definition) is 3. The zero-order valence-corrected chi connectivity index (χ0v) is 11.4. The summed E-state index contributed by atoms with van der Waals surface area (Å²) < 4.78 is 39.2. The number of hydrogen-bond acceptors (Lipinski definition) is 5. The summed E-state index contributed by atoms with van der Waals surface area (Å²) in [4.78, 5) is 8.34. The first kappa shape index (κ1) is 13.9. The van der Waals surface area contributed by atoms with E-state index in [1.165, 1.54) is 6.20 Å². The topological polar surface area (TPSA) is 78.5 Å². The lowest BCUT2D eigenvalue weighted by molar-refractivity contribution is -0.151. The maximum Gasteiger partial charge on any atom is 0.411 e. The number of aromatic nitrogens is 4. The summed E-state index contributed by atoms with van der Waals surface area (Å²) in [7, 11) is 0. The van der Waals surface area contributed by atoms with E-state index in [9.17, 15) is 13.2 Å². The number of alkyl halides is 3. The second-order valence-corrected chi connectivity index (χ2v) is 5.16. The molecule has 0 amide bonds. The average Bonchev–Trinajstić information content (AvgIpc) is 3.06. The van der Waals surface area contributed by atoms with Crippen molar-refractivity contribution in [2.24, 2.45) is 0 Å². The molecule has 0 saturated heterocycles. The van der Waals surface area contributed by atoms with Crippen LogP contribution >= 0.6 is 0 Å². The van der Waals surface area contributed by atoms with Crippen LogP contribution in [0.4, 0.5) is 24.9 Å². The summed E-state index contributed by atoms with van der Waals surface area (Å²) in [5, 5.41) is 12.4. The van der Waals surface area contributed by atoms with Crippen LogP contribution in [0, 0.1) is 0 Å². The minimum atomic E-state index is -4.30. The van der Waals surface area contributed by atoms with E-state index in [-0.39, 0.29) is 24.6 Å². The van der Waals surface area contributed by atoms with Crippen LogP contribution in [0.1, 0.15) is 26.2 Å². The van der Waals surface area contributed by atoms with Crippen LogP contribution in [0.3, 0.4) is 0 Å². The molecular formula is C12H15F3N6. The molecule has 0 aromatic carbocycles. The maximum atomic E-state index is 13.1. The highest BCUT2D eigenvalue weighted by molar-refractivity contribution is 5.87. The molecule has 0 spiro atoms. The third-order valence-electron chi connectivity index (χ3n) is 3.49. The van der Waals surface area contributed by atoms with Gasteiger partial charge >= 0.3 is 6.18 Å². The van der Waals surface area contributed by atoms with Crippen LogP contribution in [0.2, 0.25) is 0 Å². The highest BCUT2D eigenvalue weighted by atomic mass is 19.4. The molecule has 0 aliphatic heterocycles. The van der Waals surface area contributed by atoms with Gasteiger partial charge in [0, 0.05) is 6.54 Å². The van der Waals surface area contributed by atoms with Crippen molar-refractivity contribution in [2.45, 2.75) is 37.9 Å². The lowest BCUT2D eigenvalue weighted by Gasteiger charge is -2.21. The van der Waals surface area contributed by atoms with Gasteiger partial charge in [-0.25, -0.2) is 0 Å². The SMILES string of the molecule is CCCNc1nc(NC2(C(F)(F)F)CC2)c2cn[nH]c2n1. The second kappa shape index (κ2) is 4.74. The maximum absolute atomic E-state index is 13.1. The van der Waals surface area contributed by atoms with Crippen LogP contribution in [-0.4, -0.2) is 38.4 Å². The Kier molecular flexibility index (Phi) is 3.14. The zero-order valence-electron chi connectivity index (χ0n) is 11.4. The summed E-state index contributed by atoms with van der Waals surface area (Å²) in [5.41, 5.74) is -1.46. The minimum absolute atomic E-state index is 0.0531. The molecule has 0 radical (unpaired) electrons. The Morgan fingerprint density at radius 1 is 1.33 bits per heavy atom. The molecule has 6 nitrogen and oxygen atoms in total. The first-order chi connectivity index (χ1) is 9.95. The first-order valence-corrected chi connectivity index (χ1v) is 6.75. The standard InChI is InChI=1S/C12H15F3N6/c1-2-5-16-10-18-8(7-6-17-21-9(7)19-10)20-11(3-4-11)12(13,14)15/h6H,2-5H2,1H3,(H3,16,17,18,19,20,21). The number of halogens is 3. The summed E-state index contributed by atoms with van der Waals surface area (Å²) in [6.45, 7) is 2.62. The number of nitrogens with zero attached hydrogens (tertiary/aromatic N) is 3. The van der Waals surface area contributed by atoms with Crippen molar-refractivity contribution in [3.05, 3.63) is 6.20 Å². The van der Waals surface area contributed by atoms with Crippen LogP contribution in [0.15, 0.2) is 6.20 Å². The molecule has 1 saturated carbocycles. The van der Waals surface area contributed by atoms with Crippen LogP contribution in [0.25, 0.3) is 11.0 Å². The van der Waals surface area contributed by atoms with Crippen molar-refractivity contribution in [3.63, 3.8) is 0 Å². The molecule has 2 heterocycles. The molecule has 114 valence electrons. The number of anilines is 2. The van der Waals surface area contributed by atoms with E-state index >= 15 is 0 Å². The molecule has 0 unspecified atom stereocenters. The Bertz CT molecular complexity index is 646. The van der Waals surface area contributed by atoms with Gasteiger partial charge in [0.15, 0.2) is 5.65 Å². The van der Waals surface area contributed by atoms with E-state index in [2.05, 4.69) is 30.8 Å². The van der Waals surface area contributed by atoms with Gasteiger partial charge in [0.25, 0.3) is 0 Å². The fraction of sp³-hybridized carbons (Fsp3) is 0.583. The third-order valence-corrected chi connectivity index (χ3v) is 3.49. The van der Waals surface area contributed by atoms with E-state index in [4.69, 9.17) is 0 Å². The quantitative estimate of drug-likeness (QED) is 0.791. The fourth-order valence-electron chi connectivity index (χ4n) is 2.08. The molecule has 3 rings (SSSR count). The molecule has 9 heteroatoms. The molecule has 2 aromatic heterocycles. The molecule has 0 bridgehead atoms. The van der Waals surface area contributed by atoms with Gasteiger partial charge in [-0.05, 0) is 19.3 Å². The van der Waals surface area contributed by atoms with Gasteiger partial charge in [-0.1, -0.05) is 6.92 Å². The molecule has 0 atom stereocenters. The van der Waals surface area contributed by atoms with Crippen molar-refractivity contribution < 1.29 is 13.2 Å². The van der Waals surface area contributed by atoms with Gasteiger partial charge in [0.2, 0.25) is 5.95 Å². The van der Waals surface area contributed by atoms with Gasteiger partial charge in [-0.2, -0.15) is 28.2 Å². The van der Waals surface area contributed by atoms with Gasteiger partial charge in [-0.15, -0.1) is 0 Å². The molecule has 1 fully saturated rings. The predicted octanol–water partition coefficient (Wildman–Crippen LogP) is 2.68. The Hall–Kier alpha value is -2.06. The van der Waals surface area contributed by atoms with Gasteiger partial charge in [0.05, 0.1) is 11.6 Å². The first-order valence-electron chi connectivity index (χ1n) is 6.75. The molecule has 2 aromatic rings. The van der Waals surface area contributed by atoms with Gasteiger partial charge in [0.1, 0.15) is 11.4 Å². The number of H-pyrrole nitrogens is 1. The molecular weight excluding hydrogens is 285 g/mol. The number of rotatable bonds is 5. The van der Waals surface area contributed by atoms with Crippen molar-refractivity contribution in [2.75, 3.05) is 17.2 Å². The van der Waals surface area contributed by atoms with Crippen molar-refractivity contribution in [3.8, 4) is 0 Å². The summed E-state index contributed by atoms with van der Waals surface area (Å²) in [5.74, 6) is 0.441. The van der Waals surface area contributed by atoms with Crippen molar-refractivity contribution in [1.82, 2.24) is 20.2 Å². The van der Waals surface area contributed by atoms with Crippen molar-refractivity contribution >= 4 is 22.8 Å². The summed E-state index contributed by atoms with van der Waals surface area (Å²) in [6, 6.07) is 0. The van der Waals surface area contributed by atoms with Crippen LogP contribution in [-0.2, 0) is 0 Å². The Morgan fingerprint density at radius 2 is 2.10 bits per heavy atom. The number of fused-ring (bicyclic) bond motifs is 1. The Balaban J connectivity index is 1.95. The van der Waals surface area contributed by atoms with E-state index in [0.29, 0.717) is 17.6 Å². The van der Waals surface area contributed by atoms with Gasteiger partial charge in [-0.3, -0.25) is 5.10 Å². The average molecular weight is 300 g/mol. The predicted molar refractivity (Wildman–Crippen MR) is 72.1 cm³/mol. The monoisotopic (exact) mass is 300 g/mol. The second-order valence-electron chi connectivity index (χ2n) is 5.16. The highest BCUT2D eigenvalue weighted by Gasteiger charge is 2.63. The van der Waals surface area contributed by atoms with Crippen LogP contribution < -0.4 is 10.6 Å². The molecule has 1 aliphatic carbocycles. The van der Waals surface area contributed by atoms with E-state index in [1.807, 2.05) is 6.92 Å². The highest BCUT2D eigenvalue weighted by Crippen LogP contribution is 2.51. The summed E-state index contributed by atoms with van der Waals surface area (Å²) in [6.07, 6.45) is -1.91. The van der Waals surface area contributed by atoms with Crippen molar-refractivity contribution in [1.29, 1.82) is 0 Å². The Labute approximate surface area is 118 Å². The van der Waals surface area contributed by atoms with Gasteiger partial charge < -0.3 is 10.6 Å². The smallest absolute Gasteiger partial charge is 0.355 e. The minimum Gasteiger partial charge on any atom is -0.355 e. The fourth-order valence-corrected chi connectivity index (χ4v) is 2.08. The largest absolute Gasteiger partial charge is 0.411 e. The Morgan fingerprint density at radius 3 is 2.71 bits per heavy atom.